The van der Waals surface area contributed by atoms with Gasteiger partial charge >= 0.3 is 0 Å². The molecule has 0 aliphatic carbocycles. The Balaban J connectivity index is 2.69. The molecule has 2 N–H and O–H groups in total. The summed E-state index contributed by atoms with van der Waals surface area (Å²) < 4.78 is 5.41. The van der Waals surface area contributed by atoms with Crippen molar-refractivity contribution in [2.24, 2.45) is 11.1 Å². The monoisotopic (exact) mass is 280 g/mol. The van der Waals surface area contributed by atoms with E-state index in [-0.39, 0.29) is 11.5 Å². The third kappa shape index (κ3) is 4.88. The highest BCUT2D eigenvalue weighted by atomic mass is 32.1. The molecule has 106 valence electrons. The van der Waals surface area contributed by atoms with Gasteiger partial charge in [-0.1, -0.05) is 26.8 Å². The molecule has 19 heavy (non-hydrogen) atoms. The fourth-order valence-electron chi connectivity index (χ4n) is 1.61. The van der Waals surface area contributed by atoms with Crippen LogP contribution >= 0.6 is 12.2 Å². The maximum atomic E-state index is 5.99. The lowest BCUT2D eigenvalue weighted by Crippen LogP contribution is -2.36. The van der Waals surface area contributed by atoms with Gasteiger partial charge < -0.3 is 10.5 Å². The topological polar surface area (TPSA) is 48.1 Å². The number of hydrogen-bond donors (Lipinski definition) is 1. The van der Waals surface area contributed by atoms with Crippen molar-refractivity contribution in [3.63, 3.8) is 0 Å². The molecule has 1 rings (SSSR count). The van der Waals surface area contributed by atoms with Crippen LogP contribution in [0.1, 0.15) is 45.4 Å². The summed E-state index contributed by atoms with van der Waals surface area (Å²) in [4.78, 5) is 4.37. The molecule has 0 spiro atoms. The van der Waals surface area contributed by atoms with Crippen molar-refractivity contribution in [2.45, 2.75) is 46.6 Å². The van der Waals surface area contributed by atoms with Gasteiger partial charge in [0.15, 0.2) is 0 Å². The zero-order valence-corrected chi connectivity index (χ0v) is 13.1. The summed E-state index contributed by atoms with van der Waals surface area (Å²) in [6.45, 7) is 9.06. The van der Waals surface area contributed by atoms with Gasteiger partial charge in [-0.05, 0) is 49.0 Å². The molecule has 3 nitrogen and oxygen atoms in total. The van der Waals surface area contributed by atoms with E-state index in [1.54, 1.807) is 0 Å². The highest BCUT2D eigenvalue weighted by Gasteiger charge is 2.23. The van der Waals surface area contributed by atoms with E-state index in [0.29, 0.717) is 11.7 Å². The molecule has 1 aromatic rings. The molecule has 0 bridgehead atoms. The standard InChI is InChI=1S/C15H24N2OS/c1-5-8-18-14(19)13-7-6-12(10-17-13)9-15(3,4)11(2)16/h6-7,10-11H,5,8-9,16H2,1-4H3. The van der Waals surface area contributed by atoms with Crippen LogP contribution in [0.25, 0.3) is 0 Å². The summed E-state index contributed by atoms with van der Waals surface area (Å²) >= 11 is 5.18. The lowest BCUT2D eigenvalue weighted by atomic mass is 9.80. The van der Waals surface area contributed by atoms with E-state index in [4.69, 9.17) is 22.7 Å². The number of pyridine rings is 1. The summed E-state index contributed by atoms with van der Waals surface area (Å²) in [5.41, 5.74) is 7.95. The zero-order chi connectivity index (χ0) is 14.5. The van der Waals surface area contributed by atoms with Gasteiger partial charge in [0.1, 0.15) is 5.69 Å². The van der Waals surface area contributed by atoms with Gasteiger partial charge in [-0.25, -0.2) is 0 Å². The minimum atomic E-state index is 0.0580. The molecule has 0 aliphatic heterocycles. The van der Waals surface area contributed by atoms with Crippen molar-refractivity contribution in [1.82, 2.24) is 4.98 Å². The minimum Gasteiger partial charge on any atom is -0.482 e. The Kier molecular flexibility index (Phi) is 5.88. The summed E-state index contributed by atoms with van der Waals surface area (Å²) in [6.07, 6.45) is 3.71. The summed E-state index contributed by atoms with van der Waals surface area (Å²) in [5.74, 6) is 0. The van der Waals surface area contributed by atoms with Crippen LogP contribution in [0.15, 0.2) is 18.3 Å². The first-order valence-corrected chi connectivity index (χ1v) is 7.15. The van der Waals surface area contributed by atoms with Gasteiger partial charge in [-0.3, -0.25) is 4.98 Å². The van der Waals surface area contributed by atoms with E-state index in [0.717, 1.165) is 18.5 Å². The van der Waals surface area contributed by atoms with Crippen molar-refractivity contribution in [3.05, 3.63) is 29.6 Å². The number of aromatic nitrogens is 1. The number of hydrogen-bond acceptors (Lipinski definition) is 4. The molecule has 0 fully saturated rings. The van der Waals surface area contributed by atoms with Crippen molar-refractivity contribution in [1.29, 1.82) is 0 Å². The van der Waals surface area contributed by atoms with Crippen LogP contribution in [0.4, 0.5) is 0 Å². The first kappa shape index (κ1) is 16.1. The van der Waals surface area contributed by atoms with Crippen molar-refractivity contribution in [2.75, 3.05) is 6.61 Å². The van der Waals surface area contributed by atoms with Gasteiger partial charge in [0.25, 0.3) is 0 Å². The van der Waals surface area contributed by atoms with E-state index in [1.165, 1.54) is 5.56 Å². The van der Waals surface area contributed by atoms with Crippen LogP contribution in [-0.2, 0) is 11.2 Å². The second kappa shape index (κ2) is 6.96. The number of rotatable bonds is 6. The van der Waals surface area contributed by atoms with Crippen LogP contribution in [0, 0.1) is 5.41 Å². The Bertz CT molecular complexity index is 413. The Hall–Kier alpha value is -1.00. The maximum Gasteiger partial charge on any atom is 0.210 e. The molecule has 0 aromatic carbocycles. The molecular formula is C15H24N2OS. The van der Waals surface area contributed by atoms with E-state index in [2.05, 4.69) is 25.8 Å². The molecule has 0 radical (unpaired) electrons. The van der Waals surface area contributed by atoms with Crippen LogP contribution in [0.5, 0.6) is 0 Å². The second-order valence-corrected chi connectivity index (χ2v) is 6.01. The lowest BCUT2D eigenvalue weighted by molar-refractivity contribution is 0.299. The molecule has 0 amide bonds. The van der Waals surface area contributed by atoms with Crippen LogP contribution in [0.3, 0.4) is 0 Å². The largest absolute Gasteiger partial charge is 0.482 e. The molecule has 1 aromatic heterocycles. The molecule has 1 unspecified atom stereocenters. The highest BCUT2D eigenvalue weighted by Crippen LogP contribution is 2.24. The van der Waals surface area contributed by atoms with Crippen molar-refractivity contribution >= 4 is 17.3 Å². The average molecular weight is 280 g/mol. The minimum absolute atomic E-state index is 0.0580. The van der Waals surface area contributed by atoms with Gasteiger partial charge in [0.05, 0.1) is 6.61 Å². The fourth-order valence-corrected chi connectivity index (χ4v) is 1.81. The van der Waals surface area contributed by atoms with E-state index >= 15 is 0 Å². The van der Waals surface area contributed by atoms with Gasteiger partial charge in [0.2, 0.25) is 5.05 Å². The summed E-state index contributed by atoms with van der Waals surface area (Å²) in [6, 6.07) is 4.11. The molecule has 0 aliphatic rings. The Morgan fingerprint density at radius 1 is 1.47 bits per heavy atom. The van der Waals surface area contributed by atoms with E-state index in [1.807, 2.05) is 25.3 Å². The summed E-state index contributed by atoms with van der Waals surface area (Å²) in [7, 11) is 0. The van der Waals surface area contributed by atoms with Gasteiger partial charge in [-0.15, -0.1) is 0 Å². The second-order valence-electron chi connectivity index (χ2n) is 5.64. The maximum absolute atomic E-state index is 5.99. The highest BCUT2D eigenvalue weighted by molar-refractivity contribution is 7.80. The molecule has 0 saturated carbocycles. The predicted molar refractivity (Wildman–Crippen MR) is 83.3 cm³/mol. The van der Waals surface area contributed by atoms with Crippen LogP contribution in [0.2, 0.25) is 0 Å². The first-order valence-electron chi connectivity index (χ1n) is 6.74. The number of thiocarbonyl (C=S) groups is 1. The first-order chi connectivity index (χ1) is 8.86. The normalized spacial score (nSPS) is 13.1. The zero-order valence-electron chi connectivity index (χ0n) is 12.3. The third-order valence-corrected chi connectivity index (χ3v) is 3.69. The van der Waals surface area contributed by atoms with Gasteiger partial charge in [-0.2, -0.15) is 0 Å². The van der Waals surface area contributed by atoms with E-state index in [9.17, 15) is 0 Å². The number of nitrogens with two attached hydrogens (primary N) is 1. The van der Waals surface area contributed by atoms with Crippen LogP contribution in [-0.4, -0.2) is 22.7 Å². The number of ether oxygens (including phenoxy) is 1. The molecule has 4 heteroatoms. The summed E-state index contributed by atoms with van der Waals surface area (Å²) in [5, 5.41) is 0.472. The van der Waals surface area contributed by atoms with Gasteiger partial charge in [0, 0.05) is 12.2 Å². The molecule has 0 saturated heterocycles. The average Bonchev–Trinajstić information content (AvgIpc) is 2.36. The van der Waals surface area contributed by atoms with Crippen LogP contribution < -0.4 is 5.73 Å². The smallest absolute Gasteiger partial charge is 0.210 e. The Morgan fingerprint density at radius 3 is 2.63 bits per heavy atom. The van der Waals surface area contributed by atoms with Crippen molar-refractivity contribution in [3.8, 4) is 0 Å². The molecular weight excluding hydrogens is 256 g/mol. The number of nitrogens with zero attached hydrogens (tertiary/aromatic N) is 1. The Morgan fingerprint density at radius 2 is 2.16 bits per heavy atom. The molecule has 1 atom stereocenters. The van der Waals surface area contributed by atoms with Crippen molar-refractivity contribution < 1.29 is 4.74 Å². The Labute approximate surface area is 121 Å². The van der Waals surface area contributed by atoms with E-state index < -0.39 is 0 Å². The molecule has 1 heterocycles. The fraction of sp³-hybridized carbons (Fsp3) is 0.600. The lowest BCUT2D eigenvalue weighted by Gasteiger charge is -2.28. The third-order valence-electron chi connectivity index (χ3n) is 3.36. The predicted octanol–water partition coefficient (Wildman–Crippen LogP) is 3.10. The SMILES string of the molecule is CCCOC(=S)c1ccc(CC(C)(C)C(C)N)cn1. The quantitative estimate of drug-likeness (QED) is 0.813.